The Hall–Kier alpha value is -3.02. The van der Waals surface area contributed by atoms with Crippen molar-refractivity contribution >= 4 is 5.97 Å². The number of carbonyl (C=O) groups excluding carboxylic acids is 1. The van der Waals surface area contributed by atoms with Gasteiger partial charge in [0.15, 0.2) is 6.10 Å². The van der Waals surface area contributed by atoms with E-state index in [1.807, 2.05) is 25.1 Å². The Kier molecular flexibility index (Phi) is 4.14. The van der Waals surface area contributed by atoms with E-state index in [0.717, 1.165) is 11.1 Å². The molecule has 1 aromatic carbocycles. The minimum absolute atomic E-state index is 0.241. The second-order valence-corrected chi connectivity index (χ2v) is 5.06. The summed E-state index contributed by atoms with van der Waals surface area (Å²) in [7, 11) is 0. The molecule has 116 valence electrons. The summed E-state index contributed by atoms with van der Waals surface area (Å²) in [5.41, 5.74) is 2.11. The fraction of sp³-hybridized carbons (Fsp3) is 0.176. The van der Waals surface area contributed by atoms with Gasteiger partial charge in [-0.2, -0.15) is 4.98 Å². The lowest BCUT2D eigenvalue weighted by Gasteiger charge is -2.10. The Morgan fingerprint density at radius 1 is 1.22 bits per heavy atom. The van der Waals surface area contributed by atoms with Crippen LogP contribution < -0.4 is 0 Å². The topological polar surface area (TPSA) is 78.1 Å². The summed E-state index contributed by atoms with van der Waals surface area (Å²) in [4.78, 5) is 20.5. The van der Waals surface area contributed by atoms with Crippen LogP contribution in [-0.4, -0.2) is 21.1 Å². The lowest BCUT2D eigenvalue weighted by molar-refractivity contribution is 0.0264. The van der Waals surface area contributed by atoms with E-state index in [1.165, 1.54) is 0 Å². The number of ether oxygens (including phenoxy) is 1. The summed E-state index contributed by atoms with van der Waals surface area (Å²) < 4.78 is 10.6. The predicted octanol–water partition coefficient (Wildman–Crippen LogP) is 3.36. The third-order valence-electron chi connectivity index (χ3n) is 3.36. The zero-order chi connectivity index (χ0) is 16.2. The highest BCUT2D eigenvalue weighted by molar-refractivity contribution is 5.91. The number of carbonyl (C=O) groups is 1. The van der Waals surface area contributed by atoms with Gasteiger partial charge >= 0.3 is 5.97 Å². The summed E-state index contributed by atoms with van der Waals surface area (Å²) >= 11 is 0. The molecule has 0 aliphatic carbocycles. The number of hydrogen-bond donors (Lipinski definition) is 0. The molecular weight excluding hydrogens is 294 g/mol. The van der Waals surface area contributed by atoms with Crippen molar-refractivity contribution in [3.05, 3.63) is 65.8 Å². The van der Waals surface area contributed by atoms with Gasteiger partial charge in [0, 0.05) is 18.0 Å². The molecule has 3 rings (SSSR count). The van der Waals surface area contributed by atoms with Gasteiger partial charge in [-0.3, -0.25) is 4.98 Å². The number of hydrogen-bond acceptors (Lipinski definition) is 6. The highest BCUT2D eigenvalue weighted by Gasteiger charge is 2.20. The summed E-state index contributed by atoms with van der Waals surface area (Å²) in [5.74, 6) is 0.231. The minimum Gasteiger partial charge on any atom is -0.449 e. The van der Waals surface area contributed by atoms with Gasteiger partial charge in [-0.25, -0.2) is 4.79 Å². The summed E-state index contributed by atoms with van der Waals surface area (Å²) in [6, 6.07) is 10.8. The van der Waals surface area contributed by atoms with E-state index in [2.05, 4.69) is 15.1 Å². The zero-order valence-corrected chi connectivity index (χ0v) is 12.8. The van der Waals surface area contributed by atoms with Crippen LogP contribution in [-0.2, 0) is 4.74 Å². The normalized spacial score (nSPS) is 11.9. The van der Waals surface area contributed by atoms with Gasteiger partial charge < -0.3 is 9.26 Å². The highest BCUT2D eigenvalue weighted by Crippen LogP contribution is 2.21. The van der Waals surface area contributed by atoms with Gasteiger partial charge in [-0.05, 0) is 37.6 Å². The van der Waals surface area contributed by atoms with E-state index >= 15 is 0 Å². The molecule has 2 aromatic heterocycles. The molecule has 1 unspecified atom stereocenters. The maximum atomic E-state index is 12.2. The summed E-state index contributed by atoms with van der Waals surface area (Å²) in [6.07, 6.45) is 2.66. The quantitative estimate of drug-likeness (QED) is 0.688. The van der Waals surface area contributed by atoms with Crippen LogP contribution in [0.25, 0.3) is 11.4 Å². The number of aryl methyl sites for hydroxylation is 1. The number of pyridine rings is 1. The van der Waals surface area contributed by atoms with Crippen molar-refractivity contribution in [3.8, 4) is 11.4 Å². The van der Waals surface area contributed by atoms with Crippen LogP contribution in [0, 0.1) is 6.92 Å². The monoisotopic (exact) mass is 309 g/mol. The maximum absolute atomic E-state index is 12.2. The van der Waals surface area contributed by atoms with E-state index in [9.17, 15) is 4.79 Å². The number of nitrogens with zero attached hydrogens (tertiary/aromatic N) is 3. The Morgan fingerprint density at radius 2 is 2.04 bits per heavy atom. The molecule has 0 saturated carbocycles. The molecule has 0 fully saturated rings. The van der Waals surface area contributed by atoms with Gasteiger partial charge in [-0.1, -0.05) is 23.4 Å². The van der Waals surface area contributed by atoms with Crippen LogP contribution in [0.4, 0.5) is 0 Å². The molecule has 0 bridgehead atoms. The zero-order valence-electron chi connectivity index (χ0n) is 12.8. The average molecular weight is 309 g/mol. The molecule has 23 heavy (non-hydrogen) atoms. The summed E-state index contributed by atoms with van der Waals surface area (Å²) in [5, 5.41) is 3.89. The number of benzene rings is 1. The van der Waals surface area contributed by atoms with E-state index in [0.29, 0.717) is 11.4 Å². The smallest absolute Gasteiger partial charge is 0.339 e. The summed E-state index contributed by atoms with van der Waals surface area (Å²) in [6.45, 7) is 3.55. The molecule has 0 spiro atoms. The molecule has 0 saturated heterocycles. The van der Waals surface area contributed by atoms with Crippen molar-refractivity contribution < 1.29 is 14.1 Å². The second kappa shape index (κ2) is 6.39. The van der Waals surface area contributed by atoms with Gasteiger partial charge in [0.25, 0.3) is 5.89 Å². The molecule has 0 N–H and O–H groups in total. The van der Waals surface area contributed by atoms with Crippen molar-refractivity contribution in [3.63, 3.8) is 0 Å². The average Bonchev–Trinajstić information content (AvgIpc) is 3.06. The Labute approximate surface area is 133 Å². The van der Waals surface area contributed by atoms with Crippen LogP contribution in [0.5, 0.6) is 0 Å². The highest BCUT2D eigenvalue weighted by atomic mass is 16.6. The van der Waals surface area contributed by atoms with Crippen LogP contribution in [0.15, 0.2) is 53.3 Å². The largest absolute Gasteiger partial charge is 0.449 e. The molecule has 6 heteroatoms. The number of aromatic nitrogens is 3. The van der Waals surface area contributed by atoms with Crippen LogP contribution in [0.3, 0.4) is 0 Å². The predicted molar refractivity (Wildman–Crippen MR) is 82.5 cm³/mol. The Bertz CT molecular complexity index is 815. The van der Waals surface area contributed by atoms with Crippen molar-refractivity contribution in [2.24, 2.45) is 0 Å². The lowest BCUT2D eigenvalue weighted by Crippen LogP contribution is -2.10. The van der Waals surface area contributed by atoms with Crippen molar-refractivity contribution in [1.29, 1.82) is 0 Å². The first-order chi connectivity index (χ1) is 11.1. The van der Waals surface area contributed by atoms with Crippen molar-refractivity contribution in [2.45, 2.75) is 20.0 Å². The van der Waals surface area contributed by atoms with Crippen LogP contribution in [0.2, 0.25) is 0 Å². The molecule has 0 aliphatic heterocycles. The van der Waals surface area contributed by atoms with E-state index in [4.69, 9.17) is 9.26 Å². The van der Waals surface area contributed by atoms with Crippen molar-refractivity contribution in [1.82, 2.24) is 15.1 Å². The van der Waals surface area contributed by atoms with Crippen molar-refractivity contribution in [2.75, 3.05) is 0 Å². The van der Waals surface area contributed by atoms with E-state index < -0.39 is 12.1 Å². The van der Waals surface area contributed by atoms with Gasteiger partial charge in [0.1, 0.15) is 0 Å². The second-order valence-electron chi connectivity index (χ2n) is 5.06. The lowest BCUT2D eigenvalue weighted by atomic mass is 10.1. The first-order valence-corrected chi connectivity index (χ1v) is 7.16. The molecule has 6 nitrogen and oxygen atoms in total. The van der Waals surface area contributed by atoms with Gasteiger partial charge in [-0.15, -0.1) is 0 Å². The minimum atomic E-state index is -0.639. The fourth-order valence-electron chi connectivity index (χ4n) is 2.09. The SMILES string of the molecule is Cc1ccccc1C(=O)OC(C)c1nc(-c2cccnc2)no1. The molecule has 3 aromatic rings. The first kappa shape index (κ1) is 14.9. The fourth-order valence-corrected chi connectivity index (χ4v) is 2.09. The van der Waals surface area contributed by atoms with E-state index in [1.54, 1.807) is 37.5 Å². The molecule has 2 heterocycles. The maximum Gasteiger partial charge on any atom is 0.339 e. The number of rotatable bonds is 4. The molecule has 1 atom stereocenters. The van der Waals surface area contributed by atoms with Crippen LogP contribution >= 0.6 is 0 Å². The Balaban J connectivity index is 1.74. The van der Waals surface area contributed by atoms with Crippen LogP contribution in [0.1, 0.15) is 34.8 Å². The Morgan fingerprint density at radius 3 is 2.78 bits per heavy atom. The molecular formula is C17H15N3O3. The standard InChI is InChI=1S/C17H15N3O3/c1-11-6-3-4-8-14(11)17(21)22-12(2)16-19-15(20-23-16)13-7-5-9-18-10-13/h3-10,12H,1-2H3. The number of esters is 1. The third kappa shape index (κ3) is 3.26. The van der Waals surface area contributed by atoms with E-state index in [-0.39, 0.29) is 5.89 Å². The third-order valence-corrected chi connectivity index (χ3v) is 3.36. The van der Waals surface area contributed by atoms with Gasteiger partial charge in [0.05, 0.1) is 5.56 Å². The molecule has 0 radical (unpaired) electrons. The first-order valence-electron chi connectivity index (χ1n) is 7.16. The molecule has 0 aliphatic rings. The molecule has 0 amide bonds. The van der Waals surface area contributed by atoms with Gasteiger partial charge in [0.2, 0.25) is 5.82 Å².